The number of hydrogen-bond acceptors (Lipinski definition) is 1. The van der Waals surface area contributed by atoms with Gasteiger partial charge in [-0.05, 0) is 31.2 Å². The van der Waals surface area contributed by atoms with Gasteiger partial charge in [-0.1, -0.05) is 71.2 Å². The van der Waals surface area contributed by atoms with Crippen LogP contribution >= 0.6 is 34.8 Å². The third kappa shape index (κ3) is 4.15. The zero-order chi connectivity index (χ0) is 14.6. The van der Waals surface area contributed by atoms with E-state index in [0.717, 1.165) is 36.9 Å². The number of alkyl halides is 3. The van der Waals surface area contributed by atoms with Gasteiger partial charge >= 0.3 is 0 Å². The highest BCUT2D eigenvalue weighted by molar-refractivity contribution is 6.76. The minimum atomic E-state index is -1.92. The lowest BCUT2D eigenvalue weighted by atomic mass is 10.0. The maximum atomic E-state index is 12.4. The van der Waals surface area contributed by atoms with E-state index in [2.05, 4.69) is 6.08 Å². The van der Waals surface area contributed by atoms with Gasteiger partial charge < -0.3 is 4.90 Å². The van der Waals surface area contributed by atoms with Crippen LogP contribution in [0.25, 0.3) is 0 Å². The summed E-state index contributed by atoms with van der Waals surface area (Å²) < 4.78 is -1.92. The van der Waals surface area contributed by atoms with E-state index in [1.165, 1.54) is 0 Å². The van der Waals surface area contributed by atoms with Gasteiger partial charge in [0.15, 0.2) is 0 Å². The fraction of sp³-hybridized carbons (Fsp3) is 0.400. The van der Waals surface area contributed by atoms with Crippen LogP contribution in [0.3, 0.4) is 0 Å². The maximum Gasteiger partial charge on any atom is 0.279 e. The van der Waals surface area contributed by atoms with Crippen LogP contribution in [0, 0.1) is 0 Å². The number of hydrogen-bond donors (Lipinski definition) is 0. The standard InChI is InChI=1S/C15H16Cl3NO/c16-15(17,18)14(20)19(13-9-5-2-6-10-13)11-12-7-3-1-4-8-12/h1,3-4,7-9H,2,5-6,10-11H2. The van der Waals surface area contributed by atoms with Crippen molar-refractivity contribution in [1.82, 2.24) is 4.90 Å². The Bertz CT molecular complexity index is 494. The second-order valence-corrected chi connectivity index (χ2v) is 7.10. The molecule has 0 radical (unpaired) electrons. The smallest absolute Gasteiger partial charge is 0.279 e. The summed E-state index contributed by atoms with van der Waals surface area (Å²) in [6.07, 6.45) is 6.09. The Morgan fingerprint density at radius 1 is 1.15 bits per heavy atom. The van der Waals surface area contributed by atoms with E-state index in [-0.39, 0.29) is 0 Å². The first-order chi connectivity index (χ1) is 9.48. The summed E-state index contributed by atoms with van der Waals surface area (Å²) in [5.41, 5.74) is 1.97. The van der Waals surface area contributed by atoms with Crippen LogP contribution in [0.1, 0.15) is 31.2 Å². The van der Waals surface area contributed by atoms with E-state index in [0.29, 0.717) is 6.54 Å². The summed E-state index contributed by atoms with van der Waals surface area (Å²) in [6.45, 7) is 0.430. The van der Waals surface area contributed by atoms with Gasteiger partial charge in [-0.3, -0.25) is 4.79 Å². The van der Waals surface area contributed by atoms with Crippen LogP contribution in [-0.4, -0.2) is 14.6 Å². The molecule has 0 heterocycles. The molecule has 0 unspecified atom stereocenters. The molecule has 0 saturated heterocycles. The van der Waals surface area contributed by atoms with Crippen LogP contribution in [0.2, 0.25) is 0 Å². The second-order valence-electron chi connectivity index (χ2n) is 4.82. The molecule has 0 atom stereocenters. The lowest BCUT2D eigenvalue weighted by Gasteiger charge is -2.30. The average Bonchev–Trinajstić information content (AvgIpc) is 2.45. The number of allylic oxidation sites excluding steroid dienone is 2. The van der Waals surface area contributed by atoms with Crippen molar-refractivity contribution in [2.45, 2.75) is 36.0 Å². The normalized spacial score (nSPS) is 15.7. The summed E-state index contributed by atoms with van der Waals surface area (Å²) in [5.74, 6) is -0.487. The number of amides is 1. The highest BCUT2D eigenvalue weighted by Gasteiger charge is 2.36. The zero-order valence-electron chi connectivity index (χ0n) is 11.0. The Labute approximate surface area is 134 Å². The molecule has 1 aromatic carbocycles. The predicted octanol–water partition coefficient (Wildman–Crippen LogP) is 4.84. The van der Waals surface area contributed by atoms with Crippen molar-refractivity contribution in [3.63, 3.8) is 0 Å². The highest BCUT2D eigenvalue weighted by Crippen LogP contribution is 2.33. The summed E-state index contributed by atoms with van der Waals surface area (Å²) in [5, 5.41) is 0. The van der Waals surface area contributed by atoms with Gasteiger partial charge in [0.1, 0.15) is 0 Å². The monoisotopic (exact) mass is 331 g/mol. The van der Waals surface area contributed by atoms with Gasteiger partial charge in [-0.2, -0.15) is 0 Å². The van der Waals surface area contributed by atoms with Crippen LogP contribution in [0.15, 0.2) is 42.1 Å². The molecule has 5 heteroatoms. The summed E-state index contributed by atoms with van der Waals surface area (Å²) in [7, 11) is 0. The Hall–Kier alpha value is -0.700. The minimum absolute atomic E-state index is 0.430. The number of carbonyl (C=O) groups is 1. The van der Waals surface area contributed by atoms with E-state index in [1.54, 1.807) is 4.90 Å². The SMILES string of the molecule is O=C(N(Cc1ccccc1)C1=CCCCC1)C(Cl)(Cl)Cl. The molecule has 0 bridgehead atoms. The fourth-order valence-corrected chi connectivity index (χ4v) is 2.60. The minimum Gasteiger partial charge on any atom is -0.308 e. The summed E-state index contributed by atoms with van der Waals surface area (Å²) in [4.78, 5) is 14.0. The van der Waals surface area contributed by atoms with E-state index in [9.17, 15) is 4.79 Å². The molecule has 108 valence electrons. The van der Waals surface area contributed by atoms with Crippen molar-refractivity contribution in [1.29, 1.82) is 0 Å². The van der Waals surface area contributed by atoms with E-state index < -0.39 is 9.70 Å². The second kappa shape index (κ2) is 6.84. The molecule has 1 aliphatic carbocycles. The van der Waals surface area contributed by atoms with Gasteiger partial charge in [0.25, 0.3) is 9.70 Å². The molecule has 0 spiro atoms. The number of halogens is 3. The van der Waals surface area contributed by atoms with E-state index in [4.69, 9.17) is 34.8 Å². The Morgan fingerprint density at radius 2 is 1.85 bits per heavy atom. The van der Waals surface area contributed by atoms with Crippen molar-refractivity contribution in [3.05, 3.63) is 47.7 Å². The molecule has 0 N–H and O–H groups in total. The van der Waals surface area contributed by atoms with Crippen molar-refractivity contribution >= 4 is 40.7 Å². The molecule has 1 aliphatic rings. The largest absolute Gasteiger partial charge is 0.308 e. The van der Waals surface area contributed by atoms with E-state index in [1.807, 2.05) is 30.3 Å². The predicted molar refractivity (Wildman–Crippen MR) is 83.8 cm³/mol. The van der Waals surface area contributed by atoms with Crippen LogP contribution < -0.4 is 0 Å². The number of carbonyl (C=O) groups excluding carboxylic acids is 1. The van der Waals surface area contributed by atoms with Crippen LogP contribution in [-0.2, 0) is 11.3 Å². The first-order valence-electron chi connectivity index (χ1n) is 6.60. The Kier molecular flexibility index (Phi) is 5.36. The number of rotatable bonds is 3. The molecule has 0 aromatic heterocycles. The van der Waals surface area contributed by atoms with Crippen molar-refractivity contribution in [3.8, 4) is 0 Å². The van der Waals surface area contributed by atoms with Gasteiger partial charge in [0.2, 0.25) is 0 Å². The summed E-state index contributed by atoms with van der Waals surface area (Å²) >= 11 is 17.3. The van der Waals surface area contributed by atoms with E-state index >= 15 is 0 Å². The molecule has 2 nitrogen and oxygen atoms in total. The lowest BCUT2D eigenvalue weighted by Crippen LogP contribution is -2.38. The third-order valence-corrected chi connectivity index (χ3v) is 3.77. The molecule has 20 heavy (non-hydrogen) atoms. The molecular formula is C15H16Cl3NO. The van der Waals surface area contributed by atoms with Crippen molar-refractivity contribution in [2.24, 2.45) is 0 Å². The number of nitrogens with zero attached hydrogens (tertiary/aromatic N) is 1. The van der Waals surface area contributed by atoms with Gasteiger partial charge in [-0.15, -0.1) is 0 Å². The molecule has 0 aliphatic heterocycles. The number of benzene rings is 1. The summed E-state index contributed by atoms with van der Waals surface area (Å²) in [6, 6.07) is 9.72. The molecule has 2 rings (SSSR count). The third-order valence-electron chi connectivity index (χ3n) is 3.28. The first kappa shape index (κ1) is 15.7. The molecule has 0 saturated carbocycles. The molecular weight excluding hydrogens is 317 g/mol. The maximum absolute atomic E-state index is 12.4. The van der Waals surface area contributed by atoms with Gasteiger partial charge in [-0.25, -0.2) is 0 Å². The van der Waals surface area contributed by atoms with Crippen molar-refractivity contribution in [2.75, 3.05) is 0 Å². The van der Waals surface area contributed by atoms with Gasteiger partial charge in [0.05, 0.1) is 6.54 Å². The Morgan fingerprint density at radius 3 is 2.40 bits per heavy atom. The molecule has 1 aromatic rings. The molecule has 0 fully saturated rings. The fourth-order valence-electron chi connectivity index (χ4n) is 2.29. The molecule has 1 amide bonds. The average molecular weight is 333 g/mol. The van der Waals surface area contributed by atoms with Crippen molar-refractivity contribution < 1.29 is 4.79 Å². The highest BCUT2D eigenvalue weighted by atomic mass is 35.6. The Balaban J connectivity index is 2.24. The quantitative estimate of drug-likeness (QED) is 0.725. The first-order valence-corrected chi connectivity index (χ1v) is 7.73. The lowest BCUT2D eigenvalue weighted by molar-refractivity contribution is -0.129. The van der Waals surface area contributed by atoms with Crippen LogP contribution in [0.5, 0.6) is 0 Å². The topological polar surface area (TPSA) is 20.3 Å². The zero-order valence-corrected chi connectivity index (χ0v) is 13.3. The van der Waals surface area contributed by atoms with Crippen LogP contribution in [0.4, 0.5) is 0 Å². The van der Waals surface area contributed by atoms with Gasteiger partial charge in [0, 0.05) is 5.70 Å².